The highest BCUT2D eigenvalue weighted by molar-refractivity contribution is 8.00. The van der Waals surface area contributed by atoms with Crippen LogP contribution in [-0.2, 0) is 11.2 Å². The third-order valence-corrected chi connectivity index (χ3v) is 5.28. The van der Waals surface area contributed by atoms with E-state index in [0.29, 0.717) is 18.4 Å². The molecule has 1 aromatic rings. The molecule has 1 amide bonds. The smallest absolute Gasteiger partial charge is 0.227 e. The van der Waals surface area contributed by atoms with Crippen LogP contribution >= 0.6 is 23.1 Å². The zero-order valence-corrected chi connectivity index (χ0v) is 10.0. The van der Waals surface area contributed by atoms with E-state index in [1.165, 1.54) is 12.0 Å². The first kappa shape index (κ1) is 9.73. The van der Waals surface area contributed by atoms with Crippen molar-refractivity contribution in [1.29, 1.82) is 0 Å². The molecule has 0 radical (unpaired) electrons. The Balaban J connectivity index is 1.66. The normalized spacial score (nSPS) is 28.7. The van der Waals surface area contributed by atoms with Crippen molar-refractivity contribution in [2.75, 3.05) is 12.3 Å². The molecule has 0 saturated carbocycles. The van der Waals surface area contributed by atoms with E-state index in [-0.39, 0.29) is 0 Å². The fourth-order valence-corrected chi connectivity index (χ4v) is 4.48. The lowest BCUT2D eigenvalue weighted by molar-refractivity contribution is -0.130. The second-order valence-corrected chi connectivity index (χ2v) is 6.31. The summed E-state index contributed by atoms with van der Waals surface area (Å²) in [7, 11) is 0. The number of hydrogen-bond donors (Lipinski definition) is 0. The molecular formula is C11H13NOS2. The summed E-state index contributed by atoms with van der Waals surface area (Å²) in [5.74, 6) is 1.47. The number of carbonyl (C=O) groups excluding carboxylic acids is 1. The van der Waals surface area contributed by atoms with Gasteiger partial charge in [0.1, 0.15) is 0 Å². The zero-order valence-electron chi connectivity index (χ0n) is 8.39. The maximum atomic E-state index is 12.0. The Morgan fingerprint density at radius 2 is 2.53 bits per heavy atom. The largest absolute Gasteiger partial charge is 0.337 e. The molecule has 15 heavy (non-hydrogen) atoms. The van der Waals surface area contributed by atoms with Crippen molar-refractivity contribution in [3.8, 4) is 0 Å². The monoisotopic (exact) mass is 239 g/mol. The van der Waals surface area contributed by atoms with Crippen LogP contribution in [0.1, 0.15) is 12.0 Å². The van der Waals surface area contributed by atoms with E-state index >= 15 is 0 Å². The number of thiophene rings is 1. The number of fused-ring (bicyclic) bond motifs is 2. The standard InChI is InChI=1S/C11H13NOS2/c13-11(3-8-1-2-14-6-8)12-5-10-4-9(12)7-15-10/h1-2,6,9-10H,3-5,7H2/t9-,10+/m0/s1. The average molecular weight is 239 g/mol. The Labute approximate surface area is 97.7 Å². The molecule has 0 spiro atoms. The van der Waals surface area contributed by atoms with E-state index in [9.17, 15) is 4.79 Å². The van der Waals surface area contributed by atoms with Gasteiger partial charge in [-0.2, -0.15) is 23.1 Å². The van der Waals surface area contributed by atoms with Crippen molar-refractivity contribution < 1.29 is 4.79 Å². The van der Waals surface area contributed by atoms with Crippen LogP contribution in [-0.4, -0.2) is 34.4 Å². The lowest BCUT2D eigenvalue weighted by Gasteiger charge is -2.26. The Kier molecular flexibility index (Phi) is 2.48. The summed E-state index contributed by atoms with van der Waals surface area (Å²) in [5, 5.41) is 4.83. The van der Waals surface area contributed by atoms with Crippen LogP contribution in [0.2, 0.25) is 0 Å². The van der Waals surface area contributed by atoms with Gasteiger partial charge in [0.05, 0.1) is 6.42 Å². The van der Waals surface area contributed by atoms with E-state index in [4.69, 9.17) is 0 Å². The SMILES string of the molecule is O=C(Cc1ccsc1)N1C[C@H]2C[C@H]1CS2. The summed E-state index contributed by atoms with van der Waals surface area (Å²) in [6.45, 7) is 0.984. The van der Waals surface area contributed by atoms with Crippen molar-refractivity contribution in [2.24, 2.45) is 0 Å². The topological polar surface area (TPSA) is 20.3 Å². The Hall–Kier alpha value is -0.480. The predicted molar refractivity (Wildman–Crippen MR) is 64.4 cm³/mol. The maximum Gasteiger partial charge on any atom is 0.227 e. The Bertz CT molecular complexity index is 363. The van der Waals surface area contributed by atoms with E-state index in [1.807, 2.05) is 23.2 Å². The van der Waals surface area contributed by atoms with Crippen LogP contribution in [0.5, 0.6) is 0 Å². The molecule has 2 aliphatic rings. The van der Waals surface area contributed by atoms with Crippen LogP contribution in [0.15, 0.2) is 16.8 Å². The minimum atomic E-state index is 0.321. The molecule has 3 rings (SSSR count). The van der Waals surface area contributed by atoms with Crippen molar-refractivity contribution in [1.82, 2.24) is 4.90 Å². The van der Waals surface area contributed by atoms with Crippen LogP contribution in [0.4, 0.5) is 0 Å². The molecule has 0 N–H and O–H groups in total. The molecule has 4 heteroatoms. The third kappa shape index (κ3) is 1.81. The van der Waals surface area contributed by atoms with Gasteiger partial charge in [-0.1, -0.05) is 0 Å². The average Bonchev–Trinajstić information content (AvgIpc) is 2.93. The number of likely N-dealkylation sites (tertiary alicyclic amines) is 1. The van der Waals surface area contributed by atoms with E-state index in [1.54, 1.807) is 11.3 Å². The summed E-state index contributed by atoms with van der Waals surface area (Å²) in [4.78, 5) is 14.1. The molecule has 0 aromatic carbocycles. The van der Waals surface area contributed by atoms with Gasteiger partial charge in [0.2, 0.25) is 5.91 Å². The summed E-state index contributed by atoms with van der Waals surface area (Å²) in [6.07, 6.45) is 1.82. The first-order chi connectivity index (χ1) is 7.33. The summed E-state index contributed by atoms with van der Waals surface area (Å²) in [5.41, 5.74) is 1.17. The highest BCUT2D eigenvalue weighted by atomic mass is 32.2. The van der Waals surface area contributed by atoms with Gasteiger partial charge < -0.3 is 4.90 Å². The molecule has 1 aromatic heterocycles. The van der Waals surface area contributed by atoms with Crippen LogP contribution in [0.25, 0.3) is 0 Å². The van der Waals surface area contributed by atoms with Gasteiger partial charge in [0.25, 0.3) is 0 Å². The highest BCUT2D eigenvalue weighted by Crippen LogP contribution is 2.37. The van der Waals surface area contributed by atoms with E-state index in [0.717, 1.165) is 17.5 Å². The van der Waals surface area contributed by atoms with Gasteiger partial charge in [-0.25, -0.2) is 0 Å². The minimum Gasteiger partial charge on any atom is -0.337 e. The maximum absolute atomic E-state index is 12.0. The zero-order chi connectivity index (χ0) is 10.3. The molecule has 0 aliphatic carbocycles. The summed E-state index contributed by atoms with van der Waals surface area (Å²) >= 11 is 3.69. The van der Waals surface area contributed by atoms with Gasteiger partial charge in [0.15, 0.2) is 0 Å². The first-order valence-corrected chi connectivity index (χ1v) is 7.24. The highest BCUT2D eigenvalue weighted by Gasteiger charge is 2.40. The van der Waals surface area contributed by atoms with Gasteiger partial charge in [0, 0.05) is 23.6 Å². The van der Waals surface area contributed by atoms with Crippen molar-refractivity contribution in [3.63, 3.8) is 0 Å². The van der Waals surface area contributed by atoms with Gasteiger partial charge in [-0.15, -0.1) is 0 Å². The number of nitrogens with zero attached hydrogens (tertiary/aromatic N) is 1. The number of thioether (sulfide) groups is 1. The molecular weight excluding hydrogens is 226 g/mol. The summed E-state index contributed by atoms with van der Waals surface area (Å²) < 4.78 is 0. The van der Waals surface area contributed by atoms with E-state index in [2.05, 4.69) is 10.3 Å². The fourth-order valence-electron chi connectivity index (χ4n) is 2.37. The predicted octanol–water partition coefficient (Wildman–Crippen LogP) is 2.01. The van der Waals surface area contributed by atoms with Crippen LogP contribution in [0, 0.1) is 0 Å². The quantitative estimate of drug-likeness (QED) is 0.787. The van der Waals surface area contributed by atoms with Gasteiger partial charge in [-0.3, -0.25) is 4.79 Å². The molecule has 2 nitrogen and oxygen atoms in total. The van der Waals surface area contributed by atoms with Crippen molar-refractivity contribution >= 4 is 29.0 Å². The molecule has 2 fully saturated rings. The summed E-state index contributed by atoms with van der Waals surface area (Å²) in [6, 6.07) is 2.58. The fraction of sp³-hybridized carbons (Fsp3) is 0.545. The number of hydrogen-bond acceptors (Lipinski definition) is 3. The number of carbonyl (C=O) groups is 1. The molecule has 80 valence electrons. The van der Waals surface area contributed by atoms with E-state index < -0.39 is 0 Å². The lowest BCUT2D eigenvalue weighted by atomic mass is 10.2. The number of rotatable bonds is 2. The van der Waals surface area contributed by atoms with Gasteiger partial charge >= 0.3 is 0 Å². The van der Waals surface area contributed by atoms with Gasteiger partial charge in [-0.05, 0) is 28.8 Å². The van der Waals surface area contributed by atoms with Crippen molar-refractivity contribution in [2.45, 2.75) is 24.1 Å². The lowest BCUT2D eigenvalue weighted by Crippen LogP contribution is -2.39. The van der Waals surface area contributed by atoms with Crippen LogP contribution < -0.4 is 0 Å². The molecule has 0 unspecified atom stereocenters. The molecule has 2 atom stereocenters. The second kappa shape index (κ2) is 3.83. The molecule has 2 saturated heterocycles. The minimum absolute atomic E-state index is 0.321. The first-order valence-electron chi connectivity index (χ1n) is 5.25. The third-order valence-electron chi connectivity index (χ3n) is 3.16. The van der Waals surface area contributed by atoms with Crippen LogP contribution in [0.3, 0.4) is 0 Å². The molecule has 3 heterocycles. The Morgan fingerprint density at radius 1 is 1.60 bits per heavy atom. The Morgan fingerprint density at radius 3 is 3.13 bits per heavy atom. The number of amides is 1. The molecule has 2 bridgehead atoms. The molecule has 2 aliphatic heterocycles. The van der Waals surface area contributed by atoms with Crippen molar-refractivity contribution in [3.05, 3.63) is 22.4 Å². The second-order valence-electron chi connectivity index (χ2n) is 4.20.